The van der Waals surface area contributed by atoms with Gasteiger partial charge in [-0.25, -0.2) is 0 Å². The van der Waals surface area contributed by atoms with Crippen LogP contribution in [-0.2, 0) is 9.59 Å². The Morgan fingerprint density at radius 1 is 0.500 bits per heavy atom. The van der Waals surface area contributed by atoms with Crippen molar-refractivity contribution in [3.63, 3.8) is 0 Å². The summed E-state index contributed by atoms with van der Waals surface area (Å²) in [5.41, 5.74) is 3.84. The van der Waals surface area contributed by atoms with E-state index in [0.717, 1.165) is 11.4 Å². The lowest BCUT2D eigenvalue weighted by atomic mass is 10.1. The molecule has 42 heavy (non-hydrogen) atoms. The lowest BCUT2D eigenvalue weighted by Crippen LogP contribution is -2.26. The van der Waals surface area contributed by atoms with E-state index in [0.29, 0.717) is 35.3 Å². The normalized spacial score (nSPS) is 10.4. The molecule has 0 bridgehead atoms. The Morgan fingerprint density at radius 3 is 1.17 bits per heavy atom. The van der Waals surface area contributed by atoms with Crippen LogP contribution in [0.5, 0.6) is 0 Å². The number of amides is 4. The quantitative estimate of drug-likeness (QED) is 0.207. The highest BCUT2D eigenvalue weighted by Crippen LogP contribution is 2.19. The van der Waals surface area contributed by atoms with Crippen molar-refractivity contribution in [2.45, 2.75) is 25.7 Å². The Balaban J connectivity index is 1.16. The second-order valence-corrected chi connectivity index (χ2v) is 9.86. The standard InChI is InChI=1S/C34H34N4O4/c1-37(29-11-5-3-6-12-29)33(41)25-17-21-27(22-18-25)35-31(39)15-9-10-16-32(40)36-28-23-19-26(20-24-28)34(42)38(2)30-13-7-4-8-14-30/h3-8,11-14,17-24H,9-10,15-16H2,1-2H3,(H,35,39)(H,36,40). The van der Waals surface area contributed by atoms with Crippen LogP contribution in [0.4, 0.5) is 22.7 Å². The Kier molecular flexibility index (Phi) is 10.2. The Labute approximate surface area is 246 Å². The van der Waals surface area contributed by atoms with Crippen LogP contribution in [0.15, 0.2) is 109 Å². The van der Waals surface area contributed by atoms with Crippen LogP contribution in [0.3, 0.4) is 0 Å². The van der Waals surface area contributed by atoms with Crippen molar-refractivity contribution in [2.75, 3.05) is 34.5 Å². The number of carbonyl (C=O) groups excluding carboxylic acids is 4. The monoisotopic (exact) mass is 562 g/mol. The molecule has 8 nitrogen and oxygen atoms in total. The molecule has 4 aromatic rings. The average Bonchev–Trinajstić information content (AvgIpc) is 3.03. The predicted molar refractivity (Wildman–Crippen MR) is 167 cm³/mol. The molecule has 0 aromatic heterocycles. The molecular formula is C34H34N4O4. The summed E-state index contributed by atoms with van der Waals surface area (Å²) in [6.45, 7) is 0. The molecule has 0 aliphatic carbocycles. The van der Waals surface area contributed by atoms with Gasteiger partial charge in [0.25, 0.3) is 11.8 Å². The summed E-state index contributed by atoms with van der Waals surface area (Å²) >= 11 is 0. The lowest BCUT2D eigenvalue weighted by Gasteiger charge is -2.17. The van der Waals surface area contributed by atoms with Crippen molar-refractivity contribution in [2.24, 2.45) is 0 Å². The number of benzene rings is 4. The molecule has 0 radical (unpaired) electrons. The molecule has 4 amide bonds. The summed E-state index contributed by atoms with van der Waals surface area (Å²) in [7, 11) is 3.44. The van der Waals surface area contributed by atoms with E-state index >= 15 is 0 Å². The zero-order chi connectivity index (χ0) is 29.9. The summed E-state index contributed by atoms with van der Waals surface area (Å²) in [6, 6.07) is 32.3. The van der Waals surface area contributed by atoms with Crippen molar-refractivity contribution in [3.8, 4) is 0 Å². The first-order valence-electron chi connectivity index (χ1n) is 13.8. The molecule has 8 heteroatoms. The summed E-state index contributed by atoms with van der Waals surface area (Å²) < 4.78 is 0. The van der Waals surface area contributed by atoms with Gasteiger partial charge in [0.05, 0.1) is 0 Å². The Bertz CT molecular complexity index is 1390. The molecule has 4 rings (SSSR count). The zero-order valence-corrected chi connectivity index (χ0v) is 23.7. The van der Waals surface area contributed by atoms with Crippen molar-refractivity contribution in [1.82, 2.24) is 0 Å². The molecule has 0 saturated heterocycles. The van der Waals surface area contributed by atoms with Crippen LogP contribution < -0.4 is 20.4 Å². The first kappa shape index (κ1) is 29.7. The SMILES string of the molecule is CN(C(=O)c1ccc(NC(=O)CCCCC(=O)Nc2ccc(C(=O)N(C)c3ccccc3)cc2)cc1)c1ccccc1. The Morgan fingerprint density at radius 2 is 0.833 bits per heavy atom. The number of hydrogen-bond acceptors (Lipinski definition) is 4. The summed E-state index contributed by atoms with van der Waals surface area (Å²) in [5, 5.41) is 5.67. The Hall–Kier alpha value is -5.24. The topological polar surface area (TPSA) is 98.8 Å². The average molecular weight is 563 g/mol. The van der Waals surface area contributed by atoms with E-state index in [9.17, 15) is 19.2 Å². The van der Waals surface area contributed by atoms with E-state index in [-0.39, 0.29) is 36.5 Å². The number of rotatable bonds is 11. The molecule has 0 heterocycles. The maximum atomic E-state index is 12.7. The molecular weight excluding hydrogens is 528 g/mol. The number of para-hydroxylation sites is 2. The number of nitrogens with one attached hydrogen (secondary N) is 2. The van der Waals surface area contributed by atoms with E-state index in [2.05, 4.69) is 10.6 Å². The molecule has 0 fully saturated rings. The summed E-state index contributed by atoms with van der Waals surface area (Å²) in [4.78, 5) is 53.3. The molecule has 214 valence electrons. The van der Waals surface area contributed by atoms with E-state index in [4.69, 9.17) is 0 Å². The lowest BCUT2D eigenvalue weighted by molar-refractivity contribution is -0.118. The van der Waals surface area contributed by atoms with Gasteiger partial charge in [-0.15, -0.1) is 0 Å². The van der Waals surface area contributed by atoms with E-state index in [1.807, 2.05) is 60.7 Å². The van der Waals surface area contributed by atoms with Crippen molar-refractivity contribution < 1.29 is 19.2 Å². The molecule has 0 aliphatic rings. The molecule has 0 aliphatic heterocycles. The maximum Gasteiger partial charge on any atom is 0.258 e. The fourth-order valence-corrected chi connectivity index (χ4v) is 4.34. The third-order valence-corrected chi connectivity index (χ3v) is 6.79. The fraction of sp³-hybridized carbons (Fsp3) is 0.176. The molecule has 2 N–H and O–H groups in total. The van der Waals surface area contributed by atoms with Crippen molar-refractivity contribution >= 4 is 46.4 Å². The third kappa shape index (κ3) is 8.14. The van der Waals surface area contributed by atoms with Crippen LogP contribution in [0.25, 0.3) is 0 Å². The predicted octanol–water partition coefficient (Wildman–Crippen LogP) is 6.38. The zero-order valence-electron chi connectivity index (χ0n) is 23.7. The fourth-order valence-electron chi connectivity index (χ4n) is 4.34. The van der Waals surface area contributed by atoms with Crippen LogP contribution in [0, 0.1) is 0 Å². The van der Waals surface area contributed by atoms with Gasteiger partial charge in [0.2, 0.25) is 11.8 Å². The van der Waals surface area contributed by atoms with Crippen molar-refractivity contribution in [3.05, 3.63) is 120 Å². The van der Waals surface area contributed by atoms with Gasteiger partial charge in [0.1, 0.15) is 0 Å². The molecule has 0 atom stereocenters. The number of unbranched alkanes of at least 4 members (excludes halogenated alkanes) is 1. The largest absolute Gasteiger partial charge is 0.326 e. The van der Waals surface area contributed by atoms with Gasteiger partial charge in [-0.3, -0.25) is 19.2 Å². The molecule has 0 spiro atoms. The highest BCUT2D eigenvalue weighted by Gasteiger charge is 2.15. The smallest absolute Gasteiger partial charge is 0.258 e. The van der Waals surface area contributed by atoms with Gasteiger partial charge in [-0.2, -0.15) is 0 Å². The molecule has 0 saturated carbocycles. The third-order valence-electron chi connectivity index (χ3n) is 6.79. The van der Waals surface area contributed by atoms with E-state index in [1.165, 1.54) is 0 Å². The van der Waals surface area contributed by atoms with Crippen LogP contribution >= 0.6 is 0 Å². The van der Waals surface area contributed by atoms with Gasteiger partial charge in [-0.1, -0.05) is 36.4 Å². The van der Waals surface area contributed by atoms with Gasteiger partial charge < -0.3 is 20.4 Å². The van der Waals surface area contributed by atoms with Gasteiger partial charge in [0, 0.05) is 60.8 Å². The number of nitrogens with zero attached hydrogens (tertiary/aromatic N) is 2. The minimum absolute atomic E-state index is 0.141. The molecule has 4 aromatic carbocycles. The highest BCUT2D eigenvalue weighted by molar-refractivity contribution is 6.06. The first-order valence-corrected chi connectivity index (χ1v) is 13.8. The van der Waals surface area contributed by atoms with Gasteiger partial charge in [0.15, 0.2) is 0 Å². The second-order valence-electron chi connectivity index (χ2n) is 9.86. The summed E-state index contributed by atoms with van der Waals surface area (Å²) in [5.74, 6) is -0.594. The van der Waals surface area contributed by atoms with Crippen LogP contribution in [0.2, 0.25) is 0 Å². The highest BCUT2D eigenvalue weighted by atomic mass is 16.2. The van der Waals surface area contributed by atoms with Gasteiger partial charge in [-0.05, 0) is 85.6 Å². The maximum absolute atomic E-state index is 12.7. The minimum atomic E-state index is -0.156. The number of hydrogen-bond donors (Lipinski definition) is 2. The van der Waals surface area contributed by atoms with Crippen molar-refractivity contribution in [1.29, 1.82) is 0 Å². The summed E-state index contributed by atoms with van der Waals surface area (Å²) in [6.07, 6.45) is 1.65. The van der Waals surface area contributed by atoms with Crippen LogP contribution in [-0.4, -0.2) is 37.7 Å². The second kappa shape index (κ2) is 14.4. The number of anilines is 4. The van der Waals surface area contributed by atoms with E-state index < -0.39 is 0 Å². The minimum Gasteiger partial charge on any atom is -0.326 e. The first-order chi connectivity index (χ1) is 20.3. The van der Waals surface area contributed by atoms with Crippen LogP contribution in [0.1, 0.15) is 46.4 Å². The van der Waals surface area contributed by atoms with Gasteiger partial charge >= 0.3 is 0 Å². The van der Waals surface area contributed by atoms with E-state index in [1.54, 1.807) is 72.4 Å². The number of carbonyl (C=O) groups is 4. The molecule has 0 unspecified atom stereocenters.